The second kappa shape index (κ2) is 8.46. The van der Waals surface area contributed by atoms with Crippen LogP contribution in [0.15, 0.2) is 24.3 Å². The molecule has 1 aromatic rings. The molecule has 1 fully saturated rings. The Balaban J connectivity index is 1.83. The number of rotatable bonds is 6. The summed E-state index contributed by atoms with van der Waals surface area (Å²) in [6.07, 6.45) is 0. The number of benzene rings is 1. The summed E-state index contributed by atoms with van der Waals surface area (Å²) in [5, 5.41) is 6.10. The van der Waals surface area contributed by atoms with E-state index in [1.54, 1.807) is 38.1 Å². The third-order valence-electron chi connectivity index (χ3n) is 4.04. The summed E-state index contributed by atoms with van der Waals surface area (Å²) in [6.45, 7) is 7.66. The molecule has 0 bridgehead atoms. The number of carbonyl (C=O) groups excluding carboxylic acids is 2. The first-order chi connectivity index (χ1) is 11.4. The molecular weight excluding hydrogens is 330 g/mol. The number of ether oxygens (including phenoxy) is 1. The van der Waals surface area contributed by atoms with Gasteiger partial charge in [-0.3, -0.25) is 14.5 Å². The monoisotopic (exact) mass is 353 g/mol. The van der Waals surface area contributed by atoms with Gasteiger partial charge in [-0.2, -0.15) is 0 Å². The topological polar surface area (TPSA) is 70.7 Å². The standard InChI is InChI=1S/C17H24ClN3O3/c1-17(2,16(23)20-14-5-3-4-13(18)12-14)15(22)19-6-7-21-8-10-24-11-9-21/h3-5,12H,6-11H2,1-2H3,(H,19,22)(H,20,23). The van der Waals surface area contributed by atoms with Crippen molar-refractivity contribution < 1.29 is 14.3 Å². The van der Waals surface area contributed by atoms with Gasteiger partial charge in [0, 0.05) is 36.9 Å². The molecule has 6 nitrogen and oxygen atoms in total. The molecule has 1 heterocycles. The number of hydrogen-bond acceptors (Lipinski definition) is 4. The fourth-order valence-electron chi connectivity index (χ4n) is 2.33. The number of amides is 2. The molecule has 0 saturated carbocycles. The molecule has 0 atom stereocenters. The molecule has 1 aliphatic heterocycles. The maximum Gasteiger partial charge on any atom is 0.239 e. The van der Waals surface area contributed by atoms with Crippen molar-refractivity contribution in [2.75, 3.05) is 44.7 Å². The van der Waals surface area contributed by atoms with Crippen LogP contribution in [0.4, 0.5) is 5.69 Å². The van der Waals surface area contributed by atoms with Crippen molar-refractivity contribution in [3.8, 4) is 0 Å². The summed E-state index contributed by atoms with van der Waals surface area (Å²) in [5.74, 6) is -0.663. The smallest absolute Gasteiger partial charge is 0.239 e. The Labute approximate surface area is 147 Å². The van der Waals surface area contributed by atoms with Crippen LogP contribution >= 0.6 is 11.6 Å². The number of anilines is 1. The van der Waals surface area contributed by atoms with Gasteiger partial charge in [0.25, 0.3) is 0 Å². The van der Waals surface area contributed by atoms with Crippen LogP contribution in [0.25, 0.3) is 0 Å². The quantitative estimate of drug-likeness (QED) is 0.764. The Hall–Kier alpha value is -1.63. The molecule has 2 amide bonds. The zero-order chi connectivity index (χ0) is 17.6. The van der Waals surface area contributed by atoms with Gasteiger partial charge < -0.3 is 15.4 Å². The first-order valence-corrected chi connectivity index (χ1v) is 8.43. The molecule has 0 spiro atoms. The Kier molecular flexibility index (Phi) is 6.60. The highest BCUT2D eigenvalue weighted by molar-refractivity contribution is 6.31. The van der Waals surface area contributed by atoms with E-state index in [2.05, 4.69) is 15.5 Å². The van der Waals surface area contributed by atoms with E-state index in [4.69, 9.17) is 16.3 Å². The molecule has 0 unspecified atom stereocenters. The second-order valence-corrected chi connectivity index (χ2v) is 6.74. The zero-order valence-corrected chi connectivity index (χ0v) is 14.9. The lowest BCUT2D eigenvalue weighted by Gasteiger charge is -2.27. The Bertz CT molecular complexity index is 586. The lowest BCUT2D eigenvalue weighted by atomic mass is 9.91. The number of nitrogens with one attached hydrogen (secondary N) is 2. The van der Waals surface area contributed by atoms with Crippen molar-refractivity contribution in [2.24, 2.45) is 5.41 Å². The van der Waals surface area contributed by atoms with Crippen LogP contribution in [0, 0.1) is 5.41 Å². The van der Waals surface area contributed by atoms with E-state index in [1.807, 2.05) is 0 Å². The van der Waals surface area contributed by atoms with Crippen molar-refractivity contribution >= 4 is 29.1 Å². The highest BCUT2D eigenvalue weighted by Gasteiger charge is 2.36. The highest BCUT2D eigenvalue weighted by Crippen LogP contribution is 2.21. The molecule has 2 N–H and O–H groups in total. The van der Waals surface area contributed by atoms with Gasteiger partial charge in [0.15, 0.2) is 0 Å². The molecule has 132 valence electrons. The minimum Gasteiger partial charge on any atom is -0.379 e. The number of nitrogens with zero attached hydrogens (tertiary/aromatic N) is 1. The fourth-order valence-corrected chi connectivity index (χ4v) is 2.52. The minimum absolute atomic E-state index is 0.296. The van der Waals surface area contributed by atoms with E-state index < -0.39 is 5.41 Å². The molecule has 0 radical (unpaired) electrons. The van der Waals surface area contributed by atoms with Crippen molar-refractivity contribution in [3.63, 3.8) is 0 Å². The second-order valence-electron chi connectivity index (χ2n) is 6.30. The average molecular weight is 354 g/mol. The number of morpholine rings is 1. The minimum atomic E-state index is -1.17. The summed E-state index contributed by atoms with van der Waals surface area (Å²) in [7, 11) is 0. The molecule has 0 aliphatic carbocycles. The first kappa shape index (κ1) is 18.7. The fraction of sp³-hybridized carbons (Fsp3) is 0.529. The van der Waals surface area contributed by atoms with Gasteiger partial charge in [-0.25, -0.2) is 0 Å². The summed E-state index contributed by atoms with van der Waals surface area (Å²) >= 11 is 5.90. The predicted octanol–water partition coefficient (Wildman–Crippen LogP) is 1.75. The van der Waals surface area contributed by atoms with Crippen LogP contribution in [0.3, 0.4) is 0 Å². The Morgan fingerprint density at radius 2 is 1.96 bits per heavy atom. The lowest BCUT2D eigenvalue weighted by Crippen LogP contribution is -2.48. The van der Waals surface area contributed by atoms with Gasteiger partial charge in [0.05, 0.1) is 13.2 Å². The maximum absolute atomic E-state index is 12.4. The van der Waals surface area contributed by atoms with E-state index in [0.29, 0.717) is 17.3 Å². The number of halogens is 1. The molecule has 1 saturated heterocycles. The van der Waals surface area contributed by atoms with E-state index in [9.17, 15) is 9.59 Å². The third kappa shape index (κ3) is 5.19. The predicted molar refractivity (Wildman–Crippen MR) is 94.1 cm³/mol. The summed E-state index contributed by atoms with van der Waals surface area (Å²) < 4.78 is 5.29. The van der Waals surface area contributed by atoms with Crippen molar-refractivity contribution in [1.82, 2.24) is 10.2 Å². The Morgan fingerprint density at radius 3 is 2.62 bits per heavy atom. The maximum atomic E-state index is 12.4. The van der Waals surface area contributed by atoms with Gasteiger partial charge in [-0.1, -0.05) is 17.7 Å². The van der Waals surface area contributed by atoms with E-state index in [0.717, 1.165) is 32.8 Å². The van der Waals surface area contributed by atoms with Gasteiger partial charge in [0.1, 0.15) is 5.41 Å². The van der Waals surface area contributed by atoms with Crippen LogP contribution in [-0.4, -0.2) is 56.1 Å². The molecule has 2 rings (SSSR count). The van der Waals surface area contributed by atoms with Crippen LogP contribution in [-0.2, 0) is 14.3 Å². The van der Waals surface area contributed by atoms with Gasteiger partial charge in [-0.05, 0) is 32.0 Å². The first-order valence-electron chi connectivity index (χ1n) is 8.05. The van der Waals surface area contributed by atoms with Gasteiger partial charge in [0.2, 0.25) is 11.8 Å². The molecular formula is C17H24ClN3O3. The lowest BCUT2D eigenvalue weighted by molar-refractivity contribution is -0.138. The summed E-state index contributed by atoms with van der Waals surface area (Å²) in [6, 6.07) is 6.84. The molecule has 1 aliphatic rings. The number of carbonyl (C=O) groups is 2. The normalized spacial score (nSPS) is 15.8. The third-order valence-corrected chi connectivity index (χ3v) is 4.27. The molecule has 1 aromatic carbocycles. The largest absolute Gasteiger partial charge is 0.379 e. The Morgan fingerprint density at radius 1 is 1.25 bits per heavy atom. The van der Waals surface area contributed by atoms with Crippen LogP contribution in [0.2, 0.25) is 5.02 Å². The summed E-state index contributed by atoms with van der Waals surface area (Å²) in [4.78, 5) is 27.0. The average Bonchev–Trinajstić information content (AvgIpc) is 2.55. The van der Waals surface area contributed by atoms with Crippen molar-refractivity contribution in [2.45, 2.75) is 13.8 Å². The number of hydrogen-bond donors (Lipinski definition) is 2. The van der Waals surface area contributed by atoms with Crippen LogP contribution < -0.4 is 10.6 Å². The van der Waals surface area contributed by atoms with Gasteiger partial charge >= 0.3 is 0 Å². The molecule has 0 aromatic heterocycles. The summed E-state index contributed by atoms with van der Waals surface area (Å²) in [5.41, 5.74) is -0.602. The van der Waals surface area contributed by atoms with E-state index >= 15 is 0 Å². The van der Waals surface area contributed by atoms with E-state index in [-0.39, 0.29) is 11.8 Å². The SMILES string of the molecule is CC(C)(C(=O)NCCN1CCOCC1)C(=O)Nc1cccc(Cl)c1. The zero-order valence-electron chi connectivity index (χ0n) is 14.1. The van der Waals surface area contributed by atoms with E-state index in [1.165, 1.54) is 0 Å². The highest BCUT2D eigenvalue weighted by atomic mass is 35.5. The van der Waals surface area contributed by atoms with Crippen molar-refractivity contribution in [1.29, 1.82) is 0 Å². The van der Waals surface area contributed by atoms with Crippen molar-refractivity contribution in [3.05, 3.63) is 29.3 Å². The van der Waals surface area contributed by atoms with Crippen LogP contribution in [0.5, 0.6) is 0 Å². The van der Waals surface area contributed by atoms with Crippen LogP contribution in [0.1, 0.15) is 13.8 Å². The van der Waals surface area contributed by atoms with Gasteiger partial charge in [-0.15, -0.1) is 0 Å². The molecule has 7 heteroatoms. The molecule has 24 heavy (non-hydrogen) atoms.